The summed E-state index contributed by atoms with van der Waals surface area (Å²) in [5.41, 5.74) is 7.98. The van der Waals surface area contributed by atoms with Crippen molar-refractivity contribution < 1.29 is 24.2 Å². The molecule has 3 aliphatic rings. The van der Waals surface area contributed by atoms with Crippen molar-refractivity contribution in [1.29, 1.82) is 0 Å². The minimum Gasteiger partial charge on any atom is -0.493 e. The van der Waals surface area contributed by atoms with E-state index in [9.17, 15) is 14.7 Å². The topological polar surface area (TPSA) is 105 Å². The van der Waals surface area contributed by atoms with Crippen LogP contribution in [0.25, 0.3) is 0 Å². The number of unbranched alkanes of at least 4 members (excludes halogenated alkanes) is 1. The molecular weight excluding hydrogens is 458 g/mol. The van der Waals surface area contributed by atoms with Crippen LogP contribution in [0.3, 0.4) is 0 Å². The lowest BCUT2D eigenvalue weighted by molar-refractivity contribution is -0.144. The molecule has 1 amide bonds. The van der Waals surface area contributed by atoms with Crippen molar-refractivity contribution in [2.24, 2.45) is 11.7 Å². The number of carboxylic acids is 1. The van der Waals surface area contributed by atoms with E-state index in [1.54, 1.807) is 0 Å². The van der Waals surface area contributed by atoms with Crippen molar-refractivity contribution >= 4 is 11.9 Å². The Morgan fingerprint density at radius 1 is 1.19 bits per heavy atom. The molecule has 36 heavy (non-hydrogen) atoms. The van der Waals surface area contributed by atoms with Gasteiger partial charge in [0.15, 0.2) is 0 Å². The van der Waals surface area contributed by atoms with Gasteiger partial charge in [-0.05, 0) is 55.7 Å². The molecule has 4 atom stereocenters. The normalized spacial score (nSPS) is 25.9. The lowest BCUT2D eigenvalue weighted by Gasteiger charge is -2.31. The van der Waals surface area contributed by atoms with Crippen LogP contribution >= 0.6 is 0 Å². The van der Waals surface area contributed by atoms with Crippen LogP contribution in [0.15, 0.2) is 18.2 Å². The Bertz CT molecular complexity index is 888. The van der Waals surface area contributed by atoms with Crippen LogP contribution in [-0.4, -0.2) is 84.9 Å². The zero-order chi connectivity index (χ0) is 25.5. The second kappa shape index (κ2) is 12.9. The van der Waals surface area contributed by atoms with Crippen molar-refractivity contribution in [3.8, 4) is 5.75 Å². The van der Waals surface area contributed by atoms with Crippen LogP contribution < -0.4 is 10.5 Å². The van der Waals surface area contributed by atoms with Gasteiger partial charge in [-0.15, -0.1) is 0 Å². The summed E-state index contributed by atoms with van der Waals surface area (Å²) in [6.07, 6.45) is 7.79. The van der Waals surface area contributed by atoms with Crippen LogP contribution in [0.2, 0.25) is 0 Å². The highest BCUT2D eigenvalue weighted by molar-refractivity contribution is 5.79. The zero-order valence-corrected chi connectivity index (χ0v) is 21.7. The molecule has 0 spiro atoms. The minimum absolute atomic E-state index is 0.0416. The van der Waals surface area contributed by atoms with Gasteiger partial charge in [0.1, 0.15) is 5.75 Å². The van der Waals surface area contributed by atoms with Gasteiger partial charge in [-0.1, -0.05) is 25.5 Å². The Labute approximate surface area is 215 Å². The Hall–Kier alpha value is -2.16. The molecule has 2 saturated heterocycles. The molecule has 4 unspecified atom stereocenters. The predicted octanol–water partition coefficient (Wildman–Crippen LogP) is 3.03. The standard InChI is InChI=1S/C28H43N3O5/c1-2-3-13-30(14-12-29)26(32)19-31-18-23(20-7-10-25-21(17-20)11-16-36-25)27(28(33)34)24(31)9-8-22-6-4-5-15-35-22/h7,10,17,22-24,27H,2-6,8-9,11-16,18-19,29H2,1H3,(H,33,34). The number of nitrogens with zero attached hydrogens (tertiary/aromatic N) is 2. The monoisotopic (exact) mass is 501 g/mol. The van der Waals surface area contributed by atoms with E-state index in [-0.39, 0.29) is 30.5 Å². The molecule has 3 heterocycles. The summed E-state index contributed by atoms with van der Waals surface area (Å²) < 4.78 is 11.6. The maximum absolute atomic E-state index is 13.4. The van der Waals surface area contributed by atoms with Crippen molar-refractivity contribution in [2.45, 2.75) is 76.4 Å². The number of fused-ring (bicyclic) bond motifs is 1. The van der Waals surface area contributed by atoms with E-state index in [0.29, 0.717) is 39.2 Å². The van der Waals surface area contributed by atoms with E-state index in [2.05, 4.69) is 17.9 Å². The Morgan fingerprint density at radius 3 is 2.78 bits per heavy atom. The Morgan fingerprint density at radius 2 is 2.06 bits per heavy atom. The summed E-state index contributed by atoms with van der Waals surface area (Å²) >= 11 is 0. The molecule has 1 aromatic rings. The molecule has 200 valence electrons. The van der Waals surface area contributed by atoms with Gasteiger partial charge in [0, 0.05) is 51.2 Å². The third-order valence-corrected chi connectivity index (χ3v) is 8.11. The lowest BCUT2D eigenvalue weighted by Crippen LogP contribution is -2.46. The van der Waals surface area contributed by atoms with Crippen molar-refractivity contribution in [3.63, 3.8) is 0 Å². The highest BCUT2D eigenvalue weighted by atomic mass is 16.5. The van der Waals surface area contributed by atoms with Crippen LogP contribution in [-0.2, 0) is 20.7 Å². The Kier molecular flexibility index (Phi) is 9.62. The SMILES string of the molecule is CCCCN(CCN)C(=O)CN1CC(c2ccc3c(c2)CCO3)C(C(=O)O)C1CCC1CCCCO1. The maximum Gasteiger partial charge on any atom is 0.308 e. The largest absolute Gasteiger partial charge is 0.493 e. The van der Waals surface area contributed by atoms with Crippen molar-refractivity contribution in [2.75, 3.05) is 45.9 Å². The quantitative estimate of drug-likeness (QED) is 0.454. The summed E-state index contributed by atoms with van der Waals surface area (Å²) in [4.78, 5) is 30.0. The molecule has 0 bridgehead atoms. The van der Waals surface area contributed by atoms with Crippen LogP contribution in [0.1, 0.15) is 68.9 Å². The number of rotatable bonds is 12. The molecule has 0 aliphatic carbocycles. The van der Waals surface area contributed by atoms with Gasteiger partial charge in [0.2, 0.25) is 5.91 Å². The van der Waals surface area contributed by atoms with E-state index in [1.165, 1.54) is 0 Å². The predicted molar refractivity (Wildman–Crippen MR) is 138 cm³/mol. The fourth-order valence-electron chi connectivity index (χ4n) is 6.16. The zero-order valence-electron chi connectivity index (χ0n) is 21.7. The molecule has 3 aliphatic heterocycles. The number of benzene rings is 1. The van der Waals surface area contributed by atoms with E-state index in [1.807, 2.05) is 17.0 Å². The van der Waals surface area contributed by atoms with Crippen LogP contribution in [0.5, 0.6) is 5.75 Å². The number of hydrogen-bond donors (Lipinski definition) is 2. The first-order valence-corrected chi connectivity index (χ1v) is 13.8. The van der Waals surface area contributed by atoms with Gasteiger partial charge in [-0.2, -0.15) is 0 Å². The van der Waals surface area contributed by atoms with E-state index >= 15 is 0 Å². The van der Waals surface area contributed by atoms with Gasteiger partial charge in [-0.25, -0.2) is 0 Å². The number of carboxylic acid groups (broad SMARTS) is 1. The molecule has 1 aromatic carbocycles. The average molecular weight is 502 g/mol. The second-order valence-electron chi connectivity index (χ2n) is 10.5. The molecule has 0 aromatic heterocycles. The third kappa shape index (κ3) is 6.39. The van der Waals surface area contributed by atoms with Gasteiger partial charge in [0.05, 0.1) is 25.2 Å². The number of nitrogens with two attached hydrogens (primary N) is 1. The Balaban J connectivity index is 1.56. The first kappa shape index (κ1) is 26.9. The number of carbonyl (C=O) groups is 2. The number of amides is 1. The first-order chi connectivity index (χ1) is 17.5. The van der Waals surface area contributed by atoms with Gasteiger partial charge < -0.3 is 25.2 Å². The van der Waals surface area contributed by atoms with Crippen LogP contribution in [0.4, 0.5) is 0 Å². The lowest BCUT2D eigenvalue weighted by atomic mass is 9.82. The summed E-state index contributed by atoms with van der Waals surface area (Å²) in [5.74, 6) is -0.585. The number of hydrogen-bond acceptors (Lipinski definition) is 6. The number of likely N-dealkylation sites (tertiary alicyclic amines) is 1. The summed E-state index contributed by atoms with van der Waals surface area (Å²) in [6.45, 7) is 6.00. The van der Waals surface area contributed by atoms with E-state index in [4.69, 9.17) is 15.2 Å². The molecule has 0 saturated carbocycles. The summed E-state index contributed by atoms with van der Waals surface area (Å²) in [5, 5.41) is 10.4. The van der Waals surface area contributed by atoms with E-state index in [0.717, 1.165) is 68.4 Å². The molecule has 0 radical (unpaired) electrons. The van der Waals surface area contributed by atoms with Crippen molar-refractivity contribution in [1.82, 2.24) is 9.80 Å². The molecule has 8 nitrogen and oxygen atoms in total. The highest BCUT2D eigenvalue weighted by Gasteiger charge is 2.47. The molecule has 4 rings (SSSR count). The fourth-order valence-corrected chi connectivity index (χ4v) is 6.16. The summed E-state index contributed by atoms with van der Waals surface area (Å²) in [6, 6.07) is 5.90. The molecule has 2 fully saturated rings. The van der Waals surface area contributed by atoms with Crippen LogP contribution in [0, 0.1) is 5.92 Å². The fraction of sp³-hybridized carbons (Fsp3) is 0.714. The van der Waals surface area contributed by atoms with Crippen molar-refractivity contribution in [3.05, 3.63) is 29.3 Å². The van der Waals surface area contributed by atoms with Gasteiger partial charge >= 0.3 is 5.97 Å². The number of carbonyl (C=O) groups excluding carboxylic acids is 1. The van der Waals surface area contributed by atoms with Gasteiger partial charge in [-0.3, -0.25) is 14.5 Å². The number of ether oxygens (including phenoxy) is 2. The smallest absolute Gasteiger partial charge is 0.308 e. The number of aliphatic carboxylic acids is 1. The third-order valence-electron chi connectivity index (χ3n) is 8.11. The van der Waals surface area contributed by atoms with Gasteiger partial charge in [0.25, 0.3) is 0 Å². The summed E-state index contributed by atoms with van der Waals surface area (Å²) in [7, 11) is 0. The minimum atomic E-state index is -0.786. The average Bonchev–Trinajstić information content (AvgIpc) is 3.50. The second-order valence-corrected chi connectivity index (χ2v) is 10.5. The molecule has 3 N–H and O–H groups in total. The highest BCUT2D eigenvalue weighted by Crippen LogP contribution is 2.41. The maximum atomic E-state index is 13.4. The molecular formula is C28H43N3O5. The van der Waals surface area contributed by atoms with E-state index < -0.39 is 11.9 Å². The molecule has 8 heteroatoms. The first-order valence-electron chi connectivity index (χ1n) is 13.8.